The summed E-state index contributed by atoms with van der Waals surface area (Å²) in [6.45, 7) is 0. The average molecular weight is 494 g/mol. The molecule has 0 fully saturated rings. The molecule has 0 aromatic heterocycles. The quantitative estimate of drug-likeness (QED) is 0.280. The van der Waals surface area contributed by atoms with Crippen molar-refractivity contribution in [3.63, 3.8) is 0 Å². The van der Waals surface area contributed by atoms with E-state index in [-0.39, 0.29) is 17.3 Å². The van der Waals surface area contributed by atoms with Gasteiger partial charge in [0.2, 0.25) is 5.78 Å². The molecule has 0 spiro atoms. The van der Waals surface area contributed by atoms with Crippen molar-refractivity contribution in [3.8, 4) is 23.0 Å². The number of amides is 1. The molecule has 1 amide bonds. The molecule has 0 radical (unpaired) electrons. The minimum atomic E-state index is -0.597. The molecule has 0 saturated heterocycles. The van der Waals surface area contributed by atoms with Gasteiger partial charge < -0.3 is 18.9 Å². The summed E-state index contributed by atoms with van der Waals surface area (Å²) in [7, 11) is 3.11. The zero-order chi connectivity index (χ0) is 25.8. The molecular formula is C30H23NO6. The Morgan fingerprint density at radius 3 is 2.05 bits per heavy atom. The second-order valence-electron chi connectivity index (χ2n) is 8.08. The lowest BCUT2D eigenvalue weighted by Crippen LogP contribution is -2.29. The normalized spacial score (nSPS) is 13.0. The molecule has 7 heteroatoms. The van der Waals surface area contributed by atoms with Crippen LogP contribution in [-0.4, -0.2) is 26.1 Å². The summed E-state index contributed by atoms with van der Waals surface area (Å²) < 4.78 is 22.2. The van der Waals surface area contributed by atoms with Gasteiger partial charge in [-0.05, 0) is 54.6 Å². The van der Waals surface area contributed by atoms with Crippen LogP contribution in [0.2, 0.25) is 0 Å². The SMILES string of the molecule is COc1ccc(/C=C2\Oc3cc(OC(=O)N(c4ccccc4)c4ccccc4)ccc3C2=O)c(OC)c1. The van der Waals surface area contributed by atoms with Crippen molar-refractivity contribution in [2.75, 3.05) is 19.1 Å². The second-order valence-corrected chi connectivity index (χ2v) is 8.08. The Kier molecular flexibility index (Phi) is 6.59. The van der Waals surface area contributed by atoms with Crippen molar-refractivity contribution in [3.05, 3.63) is 114 Å². The van der Waals surface area contributed by atoms with Crippen molar-refractivity contribution in [1.82, 2.24) is 0 Å². The first-order valence-corrected chi connectivity index (χ1v) is 11.5. The van der Waals surface area contributed by atoms with Gasteiger partial charge in [-0.3, -0.25) is 4.79 Å². The molecule has 1 aliphatic heterocycles. The summed E-state index contributed by atoms with van der Waals surface area (Å²) in [5.41, 5.74) is 2.35. The van der Waals surface area contributed by atoms with Gasteiger partial charge in [-0.1, -0.05) is 36.4 Å². The summed E-state index contributed by atoms with van der Waals surface area (Å²) >= 11 is 0. The molecule has 1 heterocycles. The summed E-state index contributed by atoms with van der Waals surface area (Å²) in [5, 5.41) is 0. The molecule has 7 nitrogen and oxygen atoms in total. The molecule has 0 aliphatic carbocycles. The van der Waals surface area contributed by atoms with Crippen LogP contribution < -0.4 is 23.8 Å². The topological polar surface area (TPSA) is 74.3 Å². The van der Waals surface area contributed by atoms with Crippen LogP contribution in [0.25, 0.3) is 6.08 Å². The fraction of sp³-hybridized carbons (Fsp3) is 0.0667. The Morgan fingerprint density at radius 2 is 1.43 bits per heavy atom. The third-order valence-electron chi connectivity index (χ3n) is 5.79. The largest absolute Gasteiger partial charge is 0.497 e. The van der Waals surface area contributed by atoms with E-state index in [4.69, 9.17) is 18.9 Å². The van der Waals surface area contributed by atoms with Gasteiger partial charge in [-0.25, -0.2) is 9.69 Å². The van der Waals surface area contributed by atoms with Crippen LogP contribution in [-0.2, 0) is 0 Å². The molecule has 4 aromatic rings. The number of nitrogens with zero attached hydrogens (tertiary/aromatic N) is 1. The van der Waals surface area contributed by atoms with Gasteiger partial charge >= 0.3 is 6.09 Å². The number of ether oxygens (including phenoxy) is 4. The zero-order valence-electron chi connectivity index (χ0n) is 20.2. The van der Waals surface area contributed by atoms with Crippen LogP contribution in [0.4, 0.5) is 16.2 Å². The number of methoxy groups -OCH3 is 2. The number of fused-ring (bicyclic) bond motifs is 1. The number of Topliss-reactive ketones (excluding diaryl/α,β-unsaturated/α-hetero) is 1. The molecule has 0 N–H and O–H groups in total. The van der Waals surface area contributed by atoms with E-state index in [0.29, 0.717) is 39.8 Å². The van der Waals surface area contributed by atoms with Crippen molar-refractivity contribution < 1.29 is 28.5 Å². The number of ketones is 1. The monoisotopic (exact) mass is 493 g/mol. The van der Waals surface area contributed by atoms with Crippen LogP contribution in [0.5, 0.6) is 23.0 Å². The maximum absolute atomic E-state index is 13.3. The Labute approximate surface area is 214 Å². The molecule has 5 rings (SSSR count). The molecule has 0 unspecified atom stereocenters. The number of hydrogen-bond acceptors (Lipinski definition) is 6. The lowest BCUT2D eigenvalue weighted by Gasteiger charge is -2.22. The molecule has 1 aliphatic rings. The molecule has 4 aromatic carbocycles. The highest BCUT2D eigenvalue weighted by molar-refractivity contribution is 6.14. The maximum atomic E-state index is 13.3. The number of carbonyl (C=O) groups is 2. The fourth-order valence-electron chi connectivity index (χ4n) is 3.97. The highest BCUT2D eigenvalue weighted by Gasteiger charge is 2.29. The standard InChI is InChI=1S/C30H23NO6/c1-34-23-14-13-20(26(18-23)35-2)17-28-29(32)25-16-15-24(19-27(25)37-28)36-30(33)31(21-9-5-3-6-10-21)22-11-7-4-8-12-22/h3-19H,1-2H3/b28-17-. The third kappa shape index (κ3) is 4.88. The first-order valence-electron chi connectivity index (χ1n) is 11.5. The fourth-order valence-corrected chi connectivity index (χ4v) is 3.97. The Hall–Kier alpha value is -5.04. The van der Waals surface area contributed by atoms with Crippen molar-refractivity contribution >= 4 is 29.3 Å². The molecule has 0 saturated carbocycles. The maximum Gasteiger partial charge on any atom is 0.424 e. The van der Waals surface area contributed by atoms with E-state index in [9.17, 15) is 9.59 Å². The van der Waals surface area contributed by atoms with E-state index in [1.807, 2.05) is 60.7 Å². The minimum absolute atomic E-state index is 0.136. The highest BCUT2D eigenvalue weighted by atomic mass is 16.6. The predicted octanol–water partition coefficient (Wildman–Crippen LogP) is 6.66. The highest BCUT2D eigenvalue weighted by Crippen LogP contribution is 2.37. The number of allylic oxidation sites excluding steroid dienone is 1. The van der Waals surface area contributed by atoms with E-state index < -0.39 is 6.09 Å². The Balaban J connectivity index is 1.40. The summed E-state index contributed by atoms with van der Waals surface area (Å²) in [5.74, 6) is 1.58. The zero-order valence-corrected chi connectivity index (χ0v) is 20.2. The number of rotatable bonds is 6. The lowest BCUT2D eigenvalue weighted by molar-refractivity contribution is 0.101. The van der Waals surface area contributed by atoms with Crippen LogP contribution in [0, 0.1) is 0 Å². The molecule has 184 valence electrons. The predicted molar refractivity (Wildman–Crippen MR) is 140 cm³/mol. The molecular weight excluding hydrogens is 470 g/mol. The Bertz CT molecular complexity index is 1440. The van der Waals surface area contributed by atoms with Crippen molar-refractivity contribution in [1.29, 1.82) is 0 Å². The summed E-state index contributed by atoms with van der Waals surface area (Å²) in [6.07, 6.45) is 1.01. The number of para-hydroxylation sites is 2. The van der Waals surface area contributed by atoms with Crippen LogP contribution >= 0.6 is 0 Å². The van der Waals surface area contributed by atoms with Gasteiger partial charge in [0.15, 0.2) is 5.76 Å². The minimum Gasteiger partial charge on any atom is -0.497 e. The second kappa shape index (κ2) is 10.3. The average Bonchev–Trinajstić information content (AvgIpc) is 3.24. The van der Waals surface area contributed by atoms with Crippen molar-refractivity contribution in [2.24, 2.45) is 0 Å². The van der Waals surface area contributed by atoms with E-state index >= 15 is 0 Å². The number of hydrogen-bond donors (Lipinski definition) is 0. The van der Waals surface area contributed by atoms with Gasteiger partial charge in [0.1, 0.15) is 23.0 Å². The van der Waals surface area contributed by atoms with Gasteiger partial charge in [-0.2, -0.15) is 0 Å². The van der Waals surface area contributed by atoms with E-state index in [0.717, 1.165) is 0 Å². The van der Waals surface area contributed by atoms with E-state index in [1.165, 1.54) is 18.1 Å². The lowest BCUT2D eigenvalue weighted by atomic mass is 10.1. The van der Waals surface area contributed by atoms with E-state index in [1.54, 1.807) is 43.5 Å². The van der Waals surface area contributed by atoms with Gasteiger partial charge in [0, 0.05) is 17.7 Å². The van der Waals surface area contributed by atoms with Crippen molar-refractivity contribution in [2.45, 2.75) is 0 Å². The van der Waals surface area contributed by atoms with Gasteiger partial charge in [0.25, 0.3) is 0 Å². The molecule has 0 atom stereocenters. The number of carbonyl (C=O) groups excluding carboxylic acids is 2. The Morgan fingerprint density at radius 1 is 0.784 bits per heavy atom. The third-order valence-corrected chi connectivity index (χ3v) is 5.79. The first-order chi connectivity index (χ1) is 18.1. The molecule has 37 heavy (non-hydrogen) atoms. The number of benzene rings is 4. The summed E-state index contributed by atoms with van der Waals surface area (Å²) in [4.78, 5) is 27.7. The number of anilines is 2. The van der Waals surface area contributed by atoms with Gasteiger partial charge in [0.05, 0.1) is 31.2 Å². The van der Waals surface area contributed by atoms with Crippen LogP contribution in [0.3, 0.4) is 0 Å². The van der Waals surface area contributed by atoms with Gasteiger partial charge in [-0.15, -0.1) is 0 Å². The first kappa shape index (κ1) is 23.7. The molecule has 0 bridgehead atoms. The smallest absolute Gasteiger partial charge is 0.424 e. The van der Waals surface area contributed by atoms with E-state index in [2.05, 4.69) is 0 Å². The van der Waals surface area contributed by atoms with Crippen LogP contribution in [0.1, 0.15) is 15.9 Å². The summed E-state index contributed by atoms with van der Waals surface area (Å²) in [6, 6.07) is 28.4. The van der Waals surface area contributed by atoms with Crippen LogP contribution in [0.15, 0.2) is 103 Å².